The number of nitro groups is 1. The quantitative estimate of drug-likeness (QED) is 0.569. The highest BCUT2D eigenvalue weighted by Crippen LogP contribution is 2.28. The van der Waals surface area contributed by atoms with Crippen molar-refractivity contribution in [1.29, 1.82) is 0 Å². The fourth-order valence-electron chi connectivity index (χ4n) is 1.72. The molecule has 0 fully saturated rings. The van der Waals surface area contributed by atoms with Crippen LogP contribution < -0.4 is 5.32 Å². The summed E-state index contributed by atoms with van der Waals surface area (Å²) in [6.45, 7) is 1.13. The van der Waals surface area contributed by atoms with Crippen LogP contribution in [0.4, 0.5) is 11.4 Å². The van der Waals surface area contributed by atoms with Gasteiger partial charge in [-0.15, -0.1) is 0 Å². The van der Waals surface area contributed by atoms with Crippen LogP contribution >= 0.6 is 0 Å². The summed E-state index contributed by atoms with van der Waals surface area (Å²) in [6, 6.07) is 4.60. The van der Waals surface area contributed by atoms with Gasteiger partial charge in [-0.2, -0.15) is 0 Å². The van der Waals surface area contributed by atoms with Gasteiger partial charge in [0.2, 0.25) is 0 Å². The smallest absolute Gasteiger partial charge is 0.284 e. The Morgan fingerprint density at radius 1 is 1.50 bits per heavy atom. The zero-order chi connectivity index (χ0) is 11.7. The minimum absolute atomic E-state index is 0.146. The summed E-state index contributed by atoms with van der Waals surface area (Å²) in [5.41, 5.74) is 0.528. The summed E-state index contributed by atoms with van der Waals surface area (Å²) in [6.07, 6.45) is 0. The van der Waals surface area contributed by atoms with Crippen LogP contribution in [0.3, 0.4) is 0 Å². The minimum Gasteiger partial charge on any atom is -0.382 e. The molecule has 0 spiro atoms. The van der Waals surface area contributed by atoms with E-state index in [1.807, 2.05) is 0 Å². The number of hydrogen-bond acceptors (Lipinski definition) is 4. The zero-order valence-electron chi connectivity index (χ0n) is 8.77. The normalized spacial score (nSPS) is 15.1. The number of carbonyl (C=O) groups is 1. The molecule has 0 atom stereocenters. The Bertz CT molecular complexity index is 459. The Morgan fingerprint density at radius 3 is 2.94 bits per heavy atom. The average Bonchev–Trinajstić information content (AvgIpc) is 2.40. The highest BCUT2D eigenvalue weighted by molar-refractivity contribution is 6.03. The monoisotopic (exact) mass is 221 g/mol. The number of nitro benzene ring substituents is 1. The number of fused-ring (bicyclic) bond motifs is 1. The highest BCUT2D eigenvalue weighted by Gasteiger charge is 2.28. The summed E-state index contributed by atoms with van der Waals surface area (Å²) >= 11 is 0. The van der Waals surface area contributed by atoms with E-state index in [1.54, 1.807) is 19.2 Å². The van der Waals surface area contributed by atoms with Gasteiger partial charge in [0.25, 0.3) is 11.6 Å². The van der Waals surface area contributed by atoms with Crippen molar-refractivity contribution in [2.24, 2.45) is 0 Å². The largest absolute Gasteiger partial charge is 0.382 e. The average molecular weight is 221 g/mol. The van der Waals surface area contributed by atoms with Crippen molar-refractivity contribution < 1.29 is 9.72 Å². The van der Waals surface area contributed by atoms with Crippen LogP contribution in [0.2, 0.25) is 0 Å². The van der Waals surface area contributed by atoms with Crippen LogP contribution in [0.1, 0.15) is 10.4 Å². The first-order valence-electron chi connectivity index (χ1n) is 4.88. The molecule has 6 nitrogen and oxygen atoms in total. The topological polar surface area (TPSA) is 75.5 Å². The van der Waals surface area contributed by atoms with Crippen LogP contribution in [0, 0.1) is 10.1 Å². The predicted octanol–water partition coefficient (Wildman–Crippen LogP) is 1.09. The maximum absolute atomic E-state index is 11.9. The van der Waals surface area contributed by atoms with E-state index in [-0.39, 0.29) is 17.2 Å². The molecule has 16 heavy (non-hydrogen) atoms. The zero-order valence-corrected chi connectivity index (χ0v) is 8.77. The molecule has 84 valence electrons. The first-order chi connectivity index (χ1) is 7.61. The van der Waals surface area contributed by atoms with Crippen LogP contribution in [0.25, 0.3) is 0 Å². The maximum Gasteiger partial charge on any atom is 0.284 e. The van der Waals surface area contributed by atoms with Gasteiger partial charge in [0.1, 0.15) is 5.56 Å². The van der Waals surface area contributed by atoms with Gasteiger partial charge in [-0.05, 0) is 6.07 Å². The summed E-state index contributed by atoms with van der Waals surface area (Å²) in [5, 5.41) is 13.9. The molecule has 1 aromatic carbocycles. The third kappa shape index (κ3) is 1.58. The highest BCUT2D eigenvalue weighted by atomic mass is 16.6. The number of nitrogens with zero attached hydrogens (tertiary/aromatic N) is 2. The second-order valence-corrected chi connectivity index (χ2v) is 3.61. The second-order valence-electron chi connectivity index (χ2n) is 3.61. The molecule has 1 aliphatic rings. The Balaban J connectivity index is 2.61. The number of carbonyl (C=O) groups excluding carboxylic acids is 1. The van der Waals surface area contributed by atoms with E-state index in [9.17, 15) is 14.9 Å². The van der Waals surface area contributed by atoms with Gasteiger partial charge < -0.3 is 10.2 Å². The number of likely N-dealkylation sites (N-methyl/N-ethyl adjacent to an activating group) is 1. The summed E-state index contributed by atoms with van der Waals surface area (Å²) < 4.78 is 0. The number of amides is 1. The van der Waals surface area contributed by atoms with Crippen molar-refractivity contribution in [1.82, 2.24) is 4.90 Å². The van der Waals surface area contributed by atoms with Crippen LogP contribution in [-0.2, 0) is 0 Å². The van der Waals surface area contributed by atoms with Crippen molar-refractivity contribution in [3.05, 3.63) is 33.9 Å². The first kappa shape index (κ1) is 10.4. The lowest BCUT2D eigenvalue weighted by Gasteiger charge is -2.12. The van der Waals surface area contributed by atoms with Crippen molar-refractivity contribution in [3.63, 3.8) is 0 Å². The van der Waals surface area contributed by atoms with E-state index >= 15 is 0 Å². The molecule has 0 aromatic heterocycles. The Hall–Kier alpha value is -2.11. The van der Waals surface area contributed by atoms with Crippen LogP contribution in [-0.4, -0.2) is 35.9 Å². The molecule has 0 aliphatic carbocycles. The van der Waals surface area contributed by atoms with Crippen molar-refractivity contribution >= 4 is 17.3 Å². The fourth-order valence-corrected chi connectivity index (χ4v) is 1.72. The molecule has 1 aromatic rings. The second kappa shape index (κ2) is 3.80. The number of hydrogen-bond donors (Lipinski definition) is 1. The fraction of sp³-hybridized carbons (Fsp3) is 0.300. The Labute approximate surface area is 92.0 Å². The molecule has 0 bridgehead atoms. The van der Waals surface area contributed by atoms with Crippen molar-refractivity contribution in [2.45, 2.75) is 0 Å². The van der Waals surface area contributed by atoms with Gasteiger partial charge in [0, 0.05) is 26.2 Å². The standard InChI is InChI=1S/C10H11N3O3/c1-12-6-5-11-7-3-2-4-8(13(15)16)9(7)10(12)14/h2-4,11H,5-6H2,1H3. The molecule has 0 saturated carbocycles. The number of nitrogens with one attached hydrogen (secondary N) is 1. The summed E-state index contributed by atoms with van der Waals surface area (Å²) in [4.78, 5) is 23.7. The molecule has 6 heteroatoms. The van der Waals surface area contributed by atoms with Gasteiger partial charge >= 0.3 is 0 Å². The van der Waals surface area contributed by atoms with Gasteiger partial charge in [0.15, 0.2) is 0 Å². The molecular formula is C10H11N3O3. The van der Waals surface area contributed by atoms with E-state index in [0.29, 0.717) is 18.8 Å². The van der Waals surface area contributed by atoms with Gasteiger partial charge in [-0.1, -0.05) is 6.07 Å². The molecular weight excluding hydrogens is 210 g/mol. The molecule has 0 radical (unpaired) electrons. The van der Waals surface area contributed by atoms with Crippen LogP contribution in [0.5, 0.6) is 0 Å². The lowest BCUT2D eigenvalue weighted by Crippen LogP contribution is -2.28. The SMILES string of the molecule is CN1CCNc2cccc([N+](=O)[O-])c2C1=O. The Morgan fingerprint density at radius 2 is 2.25 bits per heavy atom. The van der Waals surface area contributed by atoms with E-state index in [2.05, 4.69) is 5.32 Å². The van der Waals surface area contributed by atoms with Crippen LogP contribution in [0.15, 0.2) is 18.2 Å². The molecule has 2 rings (SSSR count). The van der Waals surface area contributed by atoms with Crippen molar-refractivity contribution in [3.8, 4) is 0 Å². The predicted molar refractivity (Wildman–Crippen MR) is 58.5 cm³/mol. The van der Waals surface area contributed by atoms with Gasteiger partial charge in [-0.25, -0.2) is 0 Å². The van der Waals surface area contributed by atoms with Gasteiger partial charge in [-0.3, -0.25) is 14.9 Å². The molecule has 1 heterocycles. The molecule has 0 saturated heterocycles. The number of benzene rings is 1. The first-order valence-corrected chi connectivity index (χ1v) is 4.88. The summed E-state index contributed by atoms with van der Waals surface area (Å²) in [5.74, 6) is -0.313. The third-order valence-corrected chi connectivity index (χ3v) is 2.56. The molecule has 1 N–H and O–H groups in total. The van der Waals surface area contributed by atoms with Crippen molar-refractivity contribution in [2.75, 3.05) is 25.5 Å². The van der Waals surface area contributed by atoms with E-state index in [4.69, 9.17) is 0 Å². The third-order valence-electron chi connectivity index (χ3n) is 2.56. The van der Waals surface area contributed by atoms with E-state index in [0.717, 1.165) is 0 Å². The number of rotatable bonds is 1. The van der Waals surface area contributed by atoms with E-state index in [1.165, 1.54) is 11.0 Å². The summed E-state index contributed by atoms with van der Waals surface area (Å²) in [7, 11) is 1.63. The maximum atomic E-state index is 11.9. The lowest BCUT2D eigenvalue weighted by atomic mass is 10.1. The molecule has 1 aliphatic heterocycles. The molecule has 0 unspecified atom stereocenters. The minimum atomic E-state index is -0.530. The number of anilines is 1. The van der Waals surface area contributed by atoms with E-state index < -0.39 is 4.92 Å². The van der Waals surface area contributed by atoms with Gasteiger partial charge in [0.05, 0.1) is 10.6 Å². The molecule has 1 amide bonds. The Kier molecular flexibility index (Phi) is 2.47. The lowest BCUT2D eigenvalue weighted by molar-refractivity contribution is -0.385.